The highest BCUT2D eigenvalue weighted by Crippen LogP contribution is 2.22. The average molecular weight is 592 g/mol. The summed E-state index contributed by atoms with van der Waals surface area (Å²) < 4.78 is 65.6. The number of aliphatic carboxylic acids is 2. The Morgan fingerprint density at radius 1 is 1.00 bits per heavy atom. The number of benzene rings is 1. The normalized spacial score (nSPS) is 15.0. The number of alkyl halides is 6. The zero-order chi connectivity index (χ0) is 31.0. The Hall–Kier alpha value is -4.41. The van der Waals surface area contributed by atoms with Gasteiger partial charge in [0.1, 0.15) is 0 Å². The first-order chi connectivity index (χ1) is 19.0. The van der Waals surface area contributed by atoms with Gasteiger partial charge in [0.25, 0.3) is 0 Å². The van der Waals surface area contributed by atoms with Gasteiger partial charge in [0.2, 0.25) is 0 Å². The highest BCUT2D eigenvalue weighted by atomic mass is 19.4. The van der Waals surface area contributed by atoms with Crippen LogP contribution in [0.1, 0.15) is 17.4 Å². The van der Waals surface area contributed by atoms with E-state index in [0.29, 0.717) is 6.54 Å². The van der Waals surface area contributed by atoms with Gasteiger partial charge in [-0.25, -0.2) is 19.4 Å². The van der Waals surface area contributed by atoms with Crippen LogP contribution in [0.5, 0.6) is 0 Å². The molecule has 0 radical (unpaired) electrons. The van der Waals surface area contributed by atoms with Gasteiger partial charge in [0.05, 0.1) is 29.3 Å². The van der Waals surface area contributed by atoms with Crippen LogP contribution in [0, 0.1) is 0 Å². The van der Waals surface area contributed by atoms with Crippen molar-refractivity contribution in [2.75, 3.05) is 27.2 Å². The van der Waals surface area contributed by atoms with E-state index in [4.69, 9.17) is 24.8 Å². The lowest BCUT2D eigenvalue weighted by Crippen LogP contribution is -2.44. The maximum Gasteiger partial charge on any atom is 0.490 e. The zero-order valence-corrected chi connectivity index (χ0v) is 21.6. The van der Waals surface area contributed by atoms with Crippen molar-refractivity contribution in [1.29, 1.82) is 0 Å². The topological polar surface area (TPSA) is 141 Å². The van der Waals surface area contributed by atoms with Gasteiger partial charge >= 0.3 is 30.3 Å². The van der Waals surface area contributed by atoms with E-state index in [-0.39, 0.29) is 12.1 Å². The number of nitrogens with zero attached hydrogens (tertiary/aromatic N) is 5. The van der Waals surface area contributed by atoms with Crippen molar-refractivity contribution in [2.24, 2.45) is 0 Å². The SMILES string of the molecule is CN(C)C(=O)NCC1CN(Cc2ccc3ccccc3n2)Cc2cncn21.O=C(O)C(F)(F)F.O=C(O)C(F)(F)F. The fourth-order valence-corrected chi connectivity index (χ4v) is 3.53. The molecule has 1 aromatic carbocycles. The summed E-state index contributed by atoms with van der Waals surface area (Å²) in [5.74, 6) is -5.51. The van der Waals surface area contributed by atoms with Crippen molar-refractivity contribution in [1.82, 2.24) is 29.7 Å². The monoisotopic (exact) mass is 592 g/mol. The van der Waals surface area contributed by atoms with Crippen molar-refractivity contribution >= 4 is 28.9 Å². The van der Waals surface area contributed by atoms with Gasteiger partial charge in [-0.05, 0) is 12.1 Å². The van der Waals surface area contributed by atoms with E-state index in [0.717, 1.165) is 41.9 Å². The Kier molecular flexibility index (Phi) is 11.0. The Morgan fingerprint density at radius 2 is 1.59 bits per heavy atom. The third kappa shape index (κ3) is 10.3. The molecule has 0 bridgehead atoms. The van der Waals surface area contributed by atoms with E-state index in [1.165, 1.54) is 0 Å². The molecule has 1 atom stereocenters. The number of carbonyl (C=O) groups is 3. The summed E-state index contributed by atoms with van der Waals surface area (Å²) in [5, 5.41) is 18.4. The summed E-state index contributed by atoms with van der Waals surface area (Å²) in [4.78, 5) is 42.7. The number of carboxylic acids is 2. The number of pyridine rings is 1. The average Bonchev–Trinajstić information content (AvgIpc) is 3.35. The molecule has 4 rings (SSSR count). The van der Waals surface area contributed by atoms with Gasteiger partial charge in [0.15, 0.2) is 0 Å². The van der Waals surface area contributed by atoms with Crippen molar-refractivity contribution < 1.29 is 50.9 Å². The predicted octanol–water partition coefficient (Wildman–Crippen LogP) is 3.53. The minimum absolute atomic E-state index is 0.0787. The molecular weight excluding hydrogens is 566 g/mol. The Morgan fingerprint density at radius 3 is 2.15 bits per heavy atom. The minimum atomic E-state index is -5.08. The maximum absolute atomic E-state index is 11.9. The van der Waals surface area contributed by atoms with E-state index in [2.05, 4.69) is 38.0 Å². The molecule has 0 fully saturated rings. The van der Waals surface area contributed by atoms with E-state index in [1.807, 2.05) is 30.7 Å². The molecule has 3 N–H and O–H groups in total. The van der Waals surface area contributed by atoms with Gasteiger partial charge in [-0.2, -0.15) is 26.3 Å². The number of imidazole rings is 1. The number of amides is 2. The molecule has 0 spiro atoms. The summed E-state index contributed by atoms with van der Waals surface area (Å²) >= 11 is 0. The molecule has 41 heavy (non-hydrogen) atoms. The van der Waals surface area contributed by atoms with Gasteiger partial charge in [-0.3, -0.25) is 9.88 Å². The molecule has 11 nitrogen and oxygen atoms in total. The molecule has 2 amide bonds. The van der Waals surface area contributed by atoms with Crippen LogP contribution in [0.25, 0.3) is 10.9 Å². The third-order valence-electron chi connectivity index (χ3n) is 5.42. The number of hydrogen-bond donors (Lipinski definition) is 3. The Balaban J connectivity index is 0.000000349. The smallest absolute Gasteiger partial charge is 0.475 e. The van der Waals surface area contributed by atoms with Crippen molar-refractivity contribution in [3.05, 3.63) is 60.3 Å². The van der Waals surface area contributed by atoms with Crippen LogP contribution in [-0.2, 0) is 22.7 Å². The molecule has 0 aliphatic carbocycles. The number of rotatable bonds is 4. The van der Waals surface area contributed by atoms with Crippen LogP contribution in [0.2, 0.25) is 0 Å². The molecule has 1 aliphatic rings. The first-order valence-corrected chi connectivity index (χ1v) is 11.6. The fraction of sp³-hybridized carbons (Fsp3) is 0.375. The second kappa shape index (κ2) is 13.8. The summed E-state index contributed by atoms with van der Waals surface area (Å²) in [7, 11) is 3.49. The quantitative estimate of drug-likeness (QED) is 0.391. The number of fused-ring (bicyclic) bond motifs is 2. The molecule has 2 aromatic heterocycles. The van der Waals surface area contributed by atoms with Crippen LogP contribution in [0.3, 0.4) is 0 Å². The van der Waals surface area contributed by atoms with Gasteiger partial charge in [0, 0.05) is 51.9 Å². The number of urea groups is 1. The summed E-state index contributed by atoms with van der Waals surface area (Å²) in [6.45, 7) is 3.01. The Bertz CT molecular complexity index is 1320. The lowest BCUT2D eigenvalue weighted by Gasteiger charge is -2.34. The molecule has 3 aromatic rings. The van der Waals surface area contributed by atoms with E-state index in [9.17, 15) is 31.1 Å². The second-order valence-electron chi connectivity index (χ2n) is 8.80. The second-order valence-corrected chi connectivity index (χ2v) is 8.80. The van der Waals surface area contributed by atoms with Crippen molar-refractivity contribution in [3.8, 4) is 0 Å². The summed E-state index contributed by atoms with van der Waals surface area (Å²) in [5.41, 5.74) is 3.23. The maximum atomic E-state index is 11.9. The molecule has 224 valence electrons. The predicted molar refractivity (Wildman–Crippen MR) is 132 cm³/mol. The van der Waals surface area contributed by atoms with Gasteiger partial charge < -0.3 is 25.0 Å². The van der Waals surface area contributed by atoms with E-state index >= 15 is 0 Å². The van der Waals surface area contributed by atoms with E-state index < -0.39 is 24.3 Å². The van der Waals surface area contributed by atoms with Crippen molar-refractivity contribution in [2.45, 2.75) is 31.5 Å². The molecule has 0 saturated heterocycles. The number of hydrogen-bond acceptors (Lipinski definition) is 6. The molecule has 17 heteroatoms. The lowest BCUT2D eigenvalue weighted by molar-refractivity contribution is -0.193. The van der Waals surface area contributed by atoms with Crippen LogP contribution >= 0.6 is 0 Å². The molecule has 1 unspecified atom stereocenters. The summed E-state index contributed by atoms with van der Waals surface area (Å²) in [6.07, 6.45) is -6.41. The number of carbonyl (C=O) groups excluding carboxylic acids is 1. The van der Waals surface area contributed by atoms with Crippen LogP contribution in [0.15, 0.2) is 48.9 Å². The zero-order valence-electron chi connectivity index (χ0n) is 21.6. The summed E-state index contributed by atoms with van der Waals surface area (Å²) in [6, 6.07) is 12.5. The van der Waals surface area contributed by atoms with E-state index in [1.54, 1.807) is 19.0 Å². The van der Waals surface area contributed by atoms with Crippen LogP contribution < -0.4 is 5.32 Å². The van der Waals surface area contributed by atoms with Gasteiger partial charge in [-0.15, -0.1) is 0 Å². The molecule has 1 aliphatic heterocycles. The largest absolute Gasteiger partial charge is 0.490 e. The fourth-order valence-electron chi connectivity index (χ4n) is 3.53. The number of halogens is 6. The number of para-hydroxylation sites is 1. The van der Waals surface area contributed by atoms with Crippen LogP contribution in [-0.4, -0.2) is 92.1 Å². The van der Waals surface area contributed by atoms with Crippen molar-refractivity contribution in [3.63, 3.8) is 0 Å². The first kappa shape index (κ1) is 32.8. The molecule has 0 saturated carbocycles. The highest BCUT2D eigenvalue weighted by molar-refractivity contribution is 5.78. The first-order valence-electron chi connectivity index (χ1n) is 11.6. The lowest BCUT2D eigenvalue weighted by atomic mass is 10.1. The number of carboxylic acid groups (broad SMARTS) is 2. The molecular formula is C24H26F6N6O5. The third-order valence-corrected chi connectivity index (χ3v) is 5.42. The number of aromatic nitrogens is 3. The number of nitrogens with one attached hydrogen (secondary N) is 1. The van der Waals surface area contributed by atoms with Crippen LogP contribution in [0.4, 0.5) is 31.1 Å². The Labute approximate surface area is 229 Å². The highest BCUT2D eigenvalue weighted by Gasteiger charge is 2.38. The molecule has 3 heterocycles. The standard InChI is InChI=1S/C20H24N6O.2C2HF3O2/c1-24(2)20(27)22-10-18-13-25(12-17-9-21-14-26(17)18)11-16-8-7-15-5-3-4-6-19(15)23-16;2*3-2(4,5)1(6)7/h3-9,14,18H,10-13H2,1-2H3,(H,22,27);2*(H,6,7). The minimum Gasteiger partial charge on any atom is -0.475 e. The van der Waals surface area contributed by atoms with Gasteiger partial charge in [-0.1, -0.05) is 24.3 Å².